The van der Waals surface area contributed by atoms with E-state index in [2.05, 4.69) is 6.58 Å². The number of methoxy groups -OCH3 is 1. The lowest BCUT2D eigenvalue weighted by molar-refractivity contribution is -0.286. The van der Waals surface area contributed by atoms with Crippen molar-refractivity contribution in [3.63, 3.8) is 0 Å². The van der Waals surface area contributed by atoms with E-state index in [0.29, 0.717) is 0 Å². The molecule has 2 aliphatic heterocycles. The summed E-state index contributed by atoms with van der Waals surface area (Å²) in [5.41, 5.74) is 0. The summed E-state index contributed by atoms with van der Waals surface area (Å²) in [6.45, 7) is 6.45. The molecule has 2 rings (SSSR count). The molecule has 116 valence electrons. The van der Waals surface area contributed by atoms with Crippen molar-refractivity contribution in [1.82, 2.24) is 0 Å². The topological polar surface area (TPSA) is 91.3 Å². The van der Waals surface area contributed by atoms with Gasteiger partial charge in [0.25, 0.3) is 5.79 Å². The summed E-state index contributed by atoms with van der Waals surface area (Å²) in [7, 11) is 1.32. The third kappa shape index (κ3) is 2.32. The van der Waals surface area contributed by atoms with Crippen LogP contribution in [0.4, 0.5) is 0 Å². The second kappa shape index (κ2) is 5.16. The van der Waals surface area contributed by atoms with E-state index in [0.717, 1.165) is 6.08 Å². The fourth-order valence-corrected chi connectivity index (χ4v) is 2.62. The summed E-state index contributed by atoms with van der Waals surface area (Å²) in [6.07, 6.45) is 2.50. The zero-order valence-corrected chi connectivity index (χ0v) is 12.1. The first-order valence-electron chi connectivity index (χ1n) is 6.47. The molecule has 2 heterocycles. The molecule has 7 nitrogen and oxygen atoms in total. The lowest BCUT2D eigenvalue weighted by atomic mass is 9.84. The summed E-state index contributed by atoms with van der Waals surface area (Å²) < 4.78 is 20.8. The van der Waals surface area contributed by atoms with Crippen LogP contribution in [0.5, 0.6) is 0 Å². The maximum atomic E-state index is 12.3. The van der Waals surface area contributed by atoms with Crippen molar-refractivity contribution in [3.8, 4) is 0 Å². The molecule has 4 atom stereocenters. The maximum Gasteiger partial charge on any atom is 0.337 e. The van der Waals surface area contributed by atoms with Gasteiger partial charge in [0.1, 0.15) is 12.5 Å². The number of carbonyl (C=O) groups is 2. The molecule has 0 aromatic rings. The van der Waals surface area contributed by atoms with E-state index in [9.17, 15) is 14.7 Å². The molecule has 0 radical (unpaired) electrons. The van der Waals surface area contributed by atoms with Crippen molar-refractivity contribution in [3.05, 3.63) is 24.5 Å². The van der Waals surface area contributed by atoms with Gasteiger partial charge in [-0.05, 0) is 6.92 Å². The maximum absolute atomic E-state index is 12.3. The first kappa shape index (κ1) is 15.5. The van der Waals surface area contributed by atoms with Crippen molar-refractivity contribution in [2.75, 3.05) is 13.7 Å². The third-order valence-electron chi connectivity index (χ3n) is 3.77. The minimum absolute atomic E-state index is 0.000250. The molecule has 1 saturated heterocycles. The molecule has 1 fully saturated rings. The molecule has 1 spiro atoms. The van der Waals surface area contributed by atoms with Crippen molar-refractivity contribution in [2.45, 2.75) is 25.4 Å². The van der Waals surface area contributed by atoms with Gasteiger partial charge in [-0.2, -0.15) is 0 Å². The molecule has 2 aliphatic rings. The highest BCUT2D eigenvalue weighted by Gasteiger charge is 2.69. The molecule has 0 unspecified atom stereocenters. The van der Waals surface area contributed by atoms with E-state index in [1.807, 2.05) is 0 Å². The Morgan fingerprint density at radius 2 is 2.29 bits per heavy atom. The van der Waals surface area contributed by atoms with Gasteiger partial charge in [0.15, 0.2) is 11.5 Å². The molecule has 0 aliphatic carbocycles. The average Bonchev–Trinajstić information content (AvgIpc) is 2.81. The van der Waals surface area contributed by atoms with Crippen LogP contribution in [0.15, 0.2) is 24.5 Å². The molecule has 0 aromatic heterocycles. The number of rotatable bonds is 4. The minimum atomic E-state index is -1.80. The van der Waals surface area contributed by atoms with Crippen LogP contribution in [0, 0.1) is 11.8 Å². The molecular weight excluding hydrogens is 280 g/mol. The SMILES string of the molecule is C=CCOC(=O)[C@H]1[C@H](C)[C@](C)(O)O[C@@]12OC(=O)C=C2OC. The summed E-state index contributed by atoms with van der Waals surface area (Å²) in [4.78, 5) is 23.9. The van der Waals surface area contributed by atoms with E-state index in [-0.39, 0.29) is 12.4 Å². The molecule has 0 saturated carbocycles. The Bertz CT molecular complexity index is 507. The number of ether oxygens (including phenoxy) is 4. The number of aliphatic hydroxyl groups is 1. The van der Waals surface area contributed by atoms with Gasteiger partial charge in [0, 0.05) is 5.92 Å². The fraction of sp³-hybridized carbons (Fsp3) is 0.571. The number of hydrogen-bond donors (Lipinski definition) is 1. The number of esters is 2. The van der Waals surface area contributed by atoms with E-state index in [1.165, 1.54) is 20.1 Å². The van der Waals surface area contributed by atoms with Crippen LogP contribution < -0.4 is 0 Å². The van der Waals surface area contributed by atoms with Crippen LogP contribution in [-0.4, -0.2) is 42.3 Å². The van der Waals surface area contributed by atoms with Gasteiger partial charge in [-0.25, -0.2) is 4.79 Å². The largest absolute Gasteiger partial charge is 0.494 e. The third-order valence-corrected chi connectivity index (χ3v) is 3.77. The average molecular weight is 298 g/mol. The summed E-state index contributed by atoms with van der Waals surface area (Å²) in [5, 5.41) is 10.3. The Morgan fingerprint density at radius 1 is 1.62 bits per heavy atom. The predicted octanol–water partition coefficient (Wildman–Crippen LogP) is 0.490. The lowest BCUT2D eigenvalue weighted by Crippen LogP contribution is -2.45. The molecule has 7 heteroatoms. The van der Waals surface area contributed by atoms with Gasteiger partial charge in [0.2, 0.25) is 0 Å². The fourth-order valence-electron chi connectivity index (χ4n) is 2.62. The van der Waals surface area contributed by atoms with Crippen LogP contribution in [0.25, 0.3) is 0 Å². The normalized spacial score (nSPS) is 38.1. The van der Waals surface area contributed by atoms with Gasteiger partial charge in [-0.15, -0.1) is 0 Å². The Kier molecular flexibility index (Phi) is 3.81. The molecule has 0 bridgehead atoms. The highest BCUT2D eigenvalue weighted by atomic mass is 16.8. The Hall–Kier alpha value is -1.86. The highest BCUT2D eigenvalue weighted by Crippen LogP contribution is 2.52. The Morgan fingerprint density at radius 3 is 2.86 bits per heavy atom. The molecule has 1 N–H and O–H groups in total. The summed E-state index contributed by atoms with van der Waals surface area (Å²) in [6, 6.07) is 0. The van der Waals surface area contributed by atoms with Crippen LogP contribution in [0.3, 0.4) is 0 Å². The first-order valence-corrected chi connectivity index (χ1v) is 6.47. The van der Waals surface area contributed by atoms with Gasteiger partial charge in [-0.3, -0.25) is 4.79 Å². The standard InChI is InChI=1S/C14H18O7/c1-5-6-19-12(16)11-8(2)13(3,17)21-14(11)9(18-4)7-10(15)20-14/h5,7-8,11,17H,1,6H2,2-4H3/t8-,11+,13+,14+/m0/s1. The second-order valence-corrected chi connectivity index (χ2v) is 5.14. The minimum Gasteiger partial charge on any atom is -0.494 e. The van der Waals surface area contributed by atoms with Gasteiger partial charge in [-0.1, -0.05) is 19.6 Å². The number of carbonyl (C=O) groups excluding carboxylic acids is 2. The van der Waals surface area contributed by atoms with Crippen molar-refractivity contribution in [2.24, 2.45) is 11.8 Å². The van der Waals surface area contributed by atoms with Crippen LogP contribution >= 0.6 is 0 Å². The van der Waals surface area contributed by atoms with Crippen LogP contribution in [0.1, 0.15) is 13.8 Å². The number of hydrogen-bond acceptors (Lipinski definition) is 7. The van der Waals surface area contributed by atoms with E-state index in [4.69, 9.17) is 18.9 Å². The van der Waals surface area contributed by atoms with Crippen molar-refractivity contribution < 1.29 is 33.6 Å². The van der Waals surface area contributed by atoms with Gasteiger partial charge >= 0.3 is 11.9 Å². The lowest BCUT2D eigenvalue weighted by Gasteiger charge is -2.29. The first-order chi connectivity index (χ1) is 9.78. The summed E-state index contributed by atoms with van der Waals surface area (Å²) in [5.74, 6) is -6.56. The predicted molar refractivity (Wildman–Crippen MR) is 69.4 cm³/mol. The smallest absolute Gasteiger partial charge is 0.337 e. The van der Waals surface area contributed by atoms with Gasteiger partial charge in [0.05, 0.1) is 13.2 Å². The highest BCUT2D eigenvalue weighted by molar-refractivity contribution is 5.88. The van der Waals surface area contributed by atoms with E-state index >= 15 is 0 Å². The quantitative estimate of drug-likeness (QED) is 0.596. The van der Waals surface area contributed by atoms with Crippen LogP contribution in [0.2, 0.25) is 0 Å². The Balaban J connectivity index is 2.43. The van der Waals surface area contributed by atoms with Gasteiger partial charge < -0.3 is 24.1 Å². The van der Waals surface area contributed by atoms with E-state index in [1.54, 1.807) is 6.92 Å². The zero-order chi connectivity index (χ0) is 15.8. The monoisotopic (exact) mass is 298 g/mol. The second-order valence-electron chi connectivity index (χ2n) is 5.14. The summed E-state index contributed by atoms with van der Waals surface area (Å²) >= 11 is 0. The van der Waals surface area contributed by atoms with Crippen molar-refractivity contribution in [1.29, 1.82) is 0 Å². The molecule has 21 heavy (non-hydrogen) atoms. The molecular formula is C14H18O7. The molecule has 0 aromatic carbocycles. The molecule has 0 amide bonds. The Labute approximate surface area is 122 Å². The van der Waals surface area contributed by atoms with E-state index < -0.39 is 35.3 Å². The van der Waals surface area contributed by atoms with Crippen molar-refractivity contribution >= 4 is 11.9 Å². The zero-order valence-electron chi connectivity index (χ0n) is 12.1. The van der Waals surface area contributed by atoms with Crippen LogP contribution in [-0.2, 0) is 28.5 Å².